The molecule has 3 aliphatic rings. The topological polar surface area (TPSA) is 0 Å². The van der Waals surface area contributed by atoms with Crippen LogP contribution in [0.25, 0.3) is 0 Å². The lowest BCUT2D eigenvalue weighted by atomic mass is 9.73. The number of aryl methyl sites for hydroxylation is 1. The lowest BCUT2D eigenvalue weighted by Gasteiger charge is -2.33. The first-order valence-electron chi connectivity index (χ1n) is 18.7. The Kier molecular flexibility index (Phi) is 11.4. The normalized spacial score (nSPS) is 27.3. The molecule has 0 aliphatic heterocycles. The van der Waals surface area contributed by atoms with Gasteiger partial charge in [0, 0.05) is 0 Å². The van der Waals surface area contributed by atoms with Gasteiger partial charge in [-0.3, -0.25) is 0 Å². The third-order valence-electron chi connectivity index (χ3n) is 12.1. The molecule has 2 aromatic carbocycles. The Balaban J connectivity index is 1.19. The summed E-state index contributed by atoms with van der Waals surface area (Å²) in [5.41, 5.74) is 11.0. The van der Waals surface area contributed by atoms with Crippen LogP contribution < -0.4 is 0 Å². The van der Waals surface area contributed by atoms with E-state index in [0.29, 0.717) is 5.92 Å². The summed E-state index contributed by atoms with van der Waals surface area (Å²) in [6.45, 7) is 16.8. The standard InChI is InChI=1S/C44H64/c1-8-36-29-40(38-22-19-34(20-23-38)26-33(4)37-14-11-12-31(2)16-21-37)25-24-39(36)27-35-18-17-32(3)42(28-35)30-41-13-9-10-15-43(41)44(5,6)7/h9-10,13,15,17,24-25,28-29,31,33-35,37-38H,8,11-12,14,16,18-23,26-27,30H2,1-7H3. The van der Waals surface area contributed by atoms with Gasteiger partial charge in [-0.2, -0.15) is 0 Å². The van der Waals surface area contributed by atoms with Crippen LogP contribution in [-0.4, -0.2) is 0 Å². The van der Waals surface area contributed by atoms with Gasteiger partial charge in [-0.15, -0.1) is 0 Å². The second kappa shape index (κ2) is 15.0. The van der Waals surface area contributed by atoms with Gasteiger partial charge in [0.1, 0.15) is 0 Å². The number of rotatable bonds is 9. The molecule has 0 N–H and O–H groups in total. The first-order valence-corrected chi connectivity index (χ1v) is 18.7. The van der Waals surface area contributed by atoms with Crippen molar-refractivity contribution in [2.75, 3.05) is 0 Å². The molecule has 0 heteroatoms. The molecule has 0 amide bonds. The first kappa shape index (κ1) is 33.3. The zero-order valence-electron chi connectivity index (χ0n) is 29.6. The lowest BCUT2D eigenvalue weighted by molar-refractivity contribution is 0.218. The summed E-state index contributed by atoms with van der Waals surface area (Å²) < 4.78 is 0. The lowest BCUT2D eigenvalue weighted by Crippen LogP contribution is -2.20. The Labute approximate surface area is 272 Å². The van der Waals surface area contributed by atoms with E-state index >= 15 is 0 Å². The zero-order chi connectivity index (χ0) is 31.3. The van der Waals surface area contributed by atoms with Crippen LogP contribution in [0.2, 0.25) is 0 Å². The fourth-order valence-electron chi connectivity index (χ4n) is 9.14. The van der Waals surface area contributed by atoms with Crippen LogP contribution >= 0.6 is 0 Å². The van der Waals surface area contributed by atoms with Gasteiger partial charge in [-0.05, 0) is 145 Å². The van der Waals surface area contributed by atoms with Gasteiger partial charge >= 0.3 is 0 Å². The maximum Gasteiger partial charge on any atom is -0.00234 e. The molecule has 44 heavy (non-hydrogen) atoms. The van der Waals surface area contributed by atoms with Gasteiger partial charge in [0.05, 0.1) is 0 Å². The van der Waals surface area contributed by atoms with Crippen molar-refractivity contribution in [1.29, 1.82) is 0 Å². The van der Waals surface area contributed by atoms with Crippen LogP contribution in [0.1, 0.15) is 153 Å². The molecule has 2 saturated carbocycles. The van der Waals surface area contributed by atoms with E-state index in [4.69, 9.17) is 0 Å². The molecule has 4 atom stereocenters. The minimum atomic E-state index is 0.172. The highest BCUT2D eigenvalue weighted by Gasteiger charge is 2.28. The fourth-order valence-corrected chi connectivity index (χ4v) is 9.14. The number of hydrogen-bond donors (Lipinski definition) is 0. The molecule has 5 rings (SSSR count). The molecule has 2 fully saturated rings. The van der Waals surface area contributed by atoms with Gasteiger partial charge in [0.15, 0.2) is 0 Å². The molecule has 0 saturated heterocycles. The molecule has 240 valence electrons. The van der Waals surface area contributed by atoms with Crippen LogP contribution in [0.3, 0.4) is 0 Å². The molecule has 0 spiro atoms. The molecule has 0 bridgehead atoms. The Morgan fingerprint density at radius 3 is 2.36 bits per heavy atom. The van der Waals surface area contributed by atoms with Crippen molar-refractivity contribution >= 4 is 0 Å². The Bertz CT molecular complexity index is 1270. The molecule has 2 aromatic rings. The third kappa shape index (κ3) is 8.59. The van der Waals surface area contributed by atoms with Gasteiger partial charge < -0.3 is 0 Å². The van der Waals surface area contributed by atoms with Gasteiger partial charge in [-0.1, -0.05) is 127 Å². The molecule has 0 aromatic heterocycles. The predicted molar refractivity (Wildman–Crippen MR) is 193 cm³/mol. The minimum Gasteiger partial charge on any atom is -0.0807 e. The van der Waals surface area contributed by atoms with E-state index in [1.165, 1.54) is 99.3 Å². The Hall–Kier alpha value is -2.08. The summed E-state index contributed by atoms with van der Waals surface area (Å²) in [5, 5.41) is 0. The number of allylic oxidation sites excluding steroid dienone is 4. The fraction of sp³-hybridized carbons (Fsp3) is 0.636. The van der Waals surface area contributed by atoms with Crippen molar-refractivity contribution in [2.24, 2.45) is 29.6 Å². The smallest absolute Gasteiger partial charge is 0.00234 e. The minimum absolute atomic E-state index is 0.172. The SMILES string of the molecule is CCc1cc(C2CCC(CC(C)C3CCCC(C)CC3)CC2)ccc1CC1C=C(Cc2ccccc2C(C)(C)C)C(C)=CC1. The summed E-state index contributed by atoms with van der Waals surface area (Å²) in [5.74, 6) is 5.21. The van der Waals surface area contributed by atoms with Crippen LogP contribution in [0.4, 0.5) is 0 Å². The van der Waals surface area contributed by atoms with E-state index in [2.05, 4.69) is 103 Å². The second-order valence-corrected chi connectivity index (χ2v) is 16.5. The summed E-state index contributed by atoms with van der Waals surface area (Å²) >= 11 is 0. The average Bonchev–Trinajstić information content (AvgIpc) is 3.23. The Morgan fingerprint density at radius 1 is 0.841 bits per heavy atom. The maximum absolute atomic E-state index is 2.63. The van der Waals surface area contributed by atoms with Crippen LogP contribution in [0, 0.1) is 29.6 Å². The van der Waals surface area contributed by atoms with Crippen molar-refractivity contribution < 1.29 is 0 Å². The van der Waals surface area contributed by atoms with E-state index in [1.54, 1.807) is 16.7 Å². The number of benzene rings is 2. The summed E-state index contributed by atoms with van der Waals surface area (Å²) in [7, 11) is 0. The van der Waals surface area contributed by atoms with Crippen molar-refractivity contribution in [2.45, 2.75) is 150 Å². The van der Waals surface area contributed by atoms with Crippen molar-refractivity contribution in [3.05, 3.63) is 93.6 Å². The average molecular weight is 593 g/mol. The third-order valence-corrected chi connectivity index (χ3v) is 12.1. The van der Waals surface area contributed by atoms with Gasteiger partial charge in [-0.25, -0.2) is 0 Å². The van der Waals surface area contributed by atoms with E-state index in [0.717, 1.165) is 42.4 Å². The zero-order valence-corrected chi connectivity index (χ0v) is 29.6. The summed E-state index contributed by atoms with van der Waals surface area (Å²) in [6.07, 6.45) is 24.2. The van der Waals surface area contributed by atoms with Crippen molar-refractivity contribution in [1.82, 2.24) is 0 Å². The van der Waals surface area contributed by atoms with Crippen molar-refractivity contribution in [3.8, 4) is 0 Å². The second-order valence-electron chi connectivity index (χ2n) is 16.5. The monoisotopic (exact) mass is 593 g/mol. The highest BCUT2D eigenvalue weighted by molar-refractivity contribution is 5.43. The van der Waals surface area contributed by atoms with E-state index in [-0.39, 0.29) is 5.41 Å². The quantitative estimate of drug-likeness (QED) is 0.254. The highest BCUT2D eigenvalue weighted by Crippen LogP contribution is 2.42. The molecule has 0 heterocycles. The van der Waals surface area contributed by atoms with Crippen LogP contribution in [0.5, 0.6) is 0 Å². The molecule has 4 unspecified atom stereocenters. The molecule has 0 radical (unpaired) electrons. The largest absolute Gasteiger partial charge is 0.0807 e. The first-order chi connectivity index (χ1) is 21.1. The van der Waals surface area contributed by atoms with Crippen LogP contribution in [-0.2, 0) is 24.7 Å². The Morgan fingerprint density at radius 2 is 1.61 bits per heavy atom. The van der Waals surface area contributed by atoms with Crippen LogP contribution in [0.15, 0.2) is 65.8 Å². The van der Waals surface area contributed by atoms with E-state index in [1.807, 2.05) is 0 Å². The van der Waals surface area contributed by atoms with E-state index in [9.17, 15) is 0 Å². The maximum atomic E-state index is 2.63. The molecular weight excluding hydrogens is 528 g/mol. The summed E-state index contributed by atoms with van der Waals surface area (Å²) in [4.78, 5) is 0. The molecular formula is C44H64. The number of hydrogen-bond acceptors (Lipinski definition) is 0. The molecule has 3 aliphatic carbocycles. The summed E-state index contributed by atoms with van der Waals surface area (Å²) in [6, 6.07) is 16.7. The highest BCUT2D eigenvalue weighted by atomic mass is 14.3. The predicted octanol–water partition coefficient (Wildman–Crippen LogP) is 12.7. The van der Waals surface area contributed by atoms with E-state index < -0.39 is 0 Å². The van der Waals surface area contributed by atoms with Gasteiger partial charge in [0.2, 0.25) is 0 Å². The molecule has 0 nitrogen and oxygen atoms in total. The van der Waals surface area contributed by atoms with Gasteiger partial charge in [0.25, 0.3) is 0 Å². The van der Waals surface area contributed by atoms with Crippen molar-refractivity contribution in [3.63, 3.8) is 0 Å².